The fraction of sp³-hybridized carbons (Fsp3) is 0.586. The Morgan fingerprint density at radius 3 is 1.97 bits per heavy atom. The molecule has 2 bridgehead atoms. The lowest BCUT2D eigenvalue weighted by Crippen LogP contribution is -2.66. The molecule has 0 N–H and O–H groups in total. The van der Waals surface area contributed by atoms with Crippen molar-refractivity contribution in [1.82, 2.24) is 0 Å². The molecule has 1 aliphatic carbocycles. The molecule has 0 spiro atoms. The van der Waals surface area contributed by atoms with Gasteiger partial charge in [0.2, 0.25) is 0 Å². The van der Waals surface area contributed by atoms with E-state index in [1.807, 2.05) is 0 Å². The summed E-state index contributed by atoms with van der Waals surface area (Å²) >= 11 is 0. The standard InChI is InChI=1S/C29H41N/c1-20(2)25-14-11-15-26(21(3)4)27(25)30-19-29(17-16-28(30,7)18-22(29)5)23(6)24-12-9-8-10-13-24/h8-15,20-23H,16-19H2,1-7H3/t22-,23-,28-,29+/m1/s1. The van der Waals surface area contributed by atoms with E-state index in [9.17, 15) is 0 Å². The highest BCUT2D eigenvalue weighted by Gasteiger charge is 2.57. The summed E-state index contributed by atoms with van der Waals surface area (Å²) in [6, 6.07) is 18.3. The van der Waals surface area contributed by atoms with Gasteiger partial charge in [0.15, 0.2) is 0 Å². The Kier molecular flexibility index (Phi) is 5.54. The van der Waals surface area contributed by atoms with Crippen molar-refractivity contribution < 1.29 is 0 Å². The van der Waals surface area contributed by atoms with E-state index in [4.69, 9.17) is 0 Å². The zero-order valence-corrected chi connectivity index (χ0v) is 20.2. The van der Waals surface area contributed by atoms with Gasteiger partial charge in [0, 0.05) is 17.8 Å². The molecular weight excluding hydrogens is 362 g/mol. The van der Waals surface area contributed by atoms with Crippen molar-refractivity contribution >= 4 is 5.69 Å². The van der Waals surface area contributed by atoms with E-state index in [1.54, 1.807) is 5.69 Å². The van der Waals surface area contributed by atoms with Gasteiger partial charge in [0.1, 0.15) is 0 Å². The molecule has 5 rings (SSSR count). The summed E-state index contributed by atoms with van der Waals surface area (Å²) in [5.41, 5.74) is 6.75. The minimum Gasteiger partial charge on any atom is -0.365 e. The number of piperidine rings is 2. The number of benzene rings is 2. The van der Waals surface area contributed by atoms with Gasteiger partial charge in [-0.15, -0.1) is 0 Å². The minimum absolute atomic E-state index is 0.270. The van der Waals surface area contributed by atoms with E-state index in [-0.39, 0.29) is 5.54 Å². The molecule has 2 saturated heterocycles. The number of anilines is 1. The van der Waals surface area contributed by atoms with E-state index < -0.39 is 0 Å². The zero-order chi connectivity index (χ0) is 21.7. The SMILES string of the molecule is CC(C)c1cccc(C(C)C)c1N1C[C@@]2([C@H](C)c3ccccc3)CC[C@]1(C)C[C@H]2C. The number of nitrogens with zero attached hydrogens (tertiary/aromatic N) is 1. The molecule has 1 saturated carbocycles. The lowest BCUT2D eigenvalue weighted by molar-refractivity contribution is -0.00302. The molecular formula is C29H41N. The Morgan fingerprint density at radius 1 is 0.833 bits per heavy atom. The van der Waals surface area contributed by atoms with Crippen LogP contribution in [0.4, 0.5) is 5.69 Å². The highest BCUT2D eigenvalue weighted by Crippen LogP contribution is 2.61. The fourth-order valence-corrected chi connectivity index (χ4v) is 6.70. The molecule has 0 aromatic heterocycles. The molecule has 3 fully saturated rings. The van der Waals surface area contributed by atoms with Gasteiger partial charge in [-0.25, -0.2) is 0 Å². The fourth-order valence-electron chi connectivity index (χ4n) is 6.70. The van der Waals surface area contributed by atoms with E-state index >= 15 is 0 Å². The maximum atomic E-state index is 2.88. The first-order chi connectivity index (χ1) is 14.2. The molecule has 2 aliphatic heterocycles. The van der Waals surface area contributed by atoms with Crippen LogP contribution in [-0.2, 0) is 0 Å². The van der Waals surface area contributed by atoms with E-state index in [2.05, 4.69) is 102 Å². The molecule has 2 aromatic rings. The van der Waals surface area contributed by atoms with Gasteiger partial charge >= 0.3 is 0 Å². The van der Waals surface area contributed by atoms with Gasteiger partial charge in [0.05, 0.1) is 0 Å². The monoisotopic (exact) mass is 403 g/mol. The third kappa shape index (κ3) is 3.29. The van der Waals surface area contributed by atoms with Crippen LogP contribution >= 0.6 is 0 Å². The summed E-state index contributed by atoms with van der Waals surface area (Å²) in [6.45, 7) is 18.2. The average Bonchev–Trinajstić information content (AvgIpc) is 2.73. The second kappa shape index (κ2) is 7.74. The van der Waals surface area contributed by atoms with Crippen molar-refractivity contribution in [1.29, 1.82) is 0 Å². The summed E-state index contributed by atoms with van der Waals surface area (Å²) in [5, 5.41) is 0. The lowest BCUT2D eigenvalue weighted by atomic mass is 9.51. The highest BCUT2D eigenvalue weighted by atomic mass is 15.2. The van der Waals surface area contributed by atoms with E-state index in [1.165, 1.54) is 42.5 Å². The Bertz CT molecular complexity index is 856. The molecule has 0 unspecified atom stereocenters. The first-order valence-corrected chi connectivity index (χ1v) is 12.1. The van der Waals surface area contributed by atoms with Gasteiger partial charge in [-0.2, -0.15) is 0 Å². The van der Waals surface area contributed by atoms with Crippen molar-refractivity contribution in [3.8, 4) is 0 Å². The normalized spacial score (nSPS) is 29.6. The Labute approximate surface area is 184 Å². The third-order valence-electron chi connectivity index (χ3n) is 8.73. The van der Waals surface area contributed by atoms with Gasteiger partial charge in [-0.3, -0.25) is 0 Å². The summed E-state index contributed by atoms with van der Waals surface area (Å²) in [7, 11) is 0. The van der Waals surface area contributed by atoms with Crippen molar-refractivity contribution in [3.63, 3.8) is 0 Å². The molecule has 2 heterocycles. The molecule has 0 radical (unpaired) electrons. The number of para-hydroxylation sites is 1. The molecule has 162 valence electrons. The van der Waals surface area contributed by atoms with Crippen LogP contribution in [0.5, 0.6) is 0 Å². The van der Waals surface area contributed by atoms with Crippen LogP contribution in [0.3, 0.4) is 0 Å². The van der Waals surface area contributed by atoms with Gasteiger partial charge in [0.25, 0.3) is 0 Å². The predicted octanol–water partition coefficient (Wildman–Crippen LogP) is 8.12. The molecule has 3 aliphatic rings. The van der Waals surface area contributed by atoms with E-state index in [0.29, 0.717) is 23.2 Å². The van der Waals surface area contributed by atoms with Gasteiger partial charge < -0.3 is 4.90 Å². The first-order valence-electron chi connectivity index (χ1n) is 12.1. The summed E-state index contributed by atoms with van der Waals surface area (Å²) in [6.07, 6.45) is 3.95. The first kappa shape index (κ1) is 21.5. The number of rotatable bonds is 5. The Balaban J connectivity index is 1.84. The van der Waals surface area contributed by atoms with E-state index in [0.717, 1.165) is 5.92 Å². The van der Waals surface area contributed by atoms with Crippen molar-refractivity contribution in [2.24, 2.45) is 11.3 Å². The van der Waals surface area contributed by atoms with Crippen LogP contribution in [0.2, 0.25) is 0 Å². The van der Waals surface area contributed by atoms with Crippen LogP contribution < -0.4 is 4.90 Å². The number of fused-ring (bicyclic) bond motifs is 3. The Morgan fingerprint density at radius 2 is 1.43 bits per heavy atom. The number of hydrogen-bond acceptors (Lipinski definition) is 1. The van der Waals surface area contributed by atoms with Crippen LogP contribution in [0.25, 0.3) is 0 Å². The zero-order valence-electron chi connectivity index (χ0n) is 20.2. The topological polar surface area (TPSA) is 3.24 Å². The Hall–Kier alpha value is -1.76. The predicted molar refractivity (Wildman–Crippen MR) is 131 cm³/mol. The van der Waals surface area contributed by atoms with Crippen LogP contribution in [0.1, 0.15) is 102 Å². The summed E-state index contributed by atoms with van der Waals surface area (Å²) in [5.74, 6) is 2.41. The lowest BCUT2D eigenvalue weighted by Gasteiger charge is -2.65. The maximum Gasteiger partial charge on any atom is 0.0441 e. The van der Waals surface area contributed by atoms with Gasteiger partial charge in [-0.1, -0.05) is 90.1 Å². The molecule has 4 atom stereocenters. The number of hydrogen-bond donors (Lipinski definition) is 0. The van der Waals surface area contributed by atoms with Crippen molar-refractivity contribution in [2.75, 3.05) is 11.4 Å². The molecule has 1 nitrogen and oxygen atoms in total. The van der Waals surface area contributed by atoms with Crippen molar-refractivity contribution in [3.05, 3.63) is 65.2 Å². The van der Waals surface area contributed by atoms with Crippen LogP contribution in [0.15, 0.2) is 48.5 Å². The molecule has 2 aromatic carbocycles. The highest BCUT2D eigenvalue weighted by molar-refractivity contribution is 5.65. The van der Waals surface area contributed by atoms with Gasteiger partial charge in [-0.05, 0) is 72.0 Å². The second-order valence-electron chi connectivity index (χ2n) is 11.1. The molecule has 1 heteroatoms. The second-order valence-corrected chi connectivity index (χ2v) is 11.1. The molecule has 0 amide bonds. The maximum absolute atomic E-state index is 2.88. The van der Waals surface area contributed by atoms with Crippen molar-refractivity contribution in [2.45, 2.75) is 91.0 Å². The summed E-state index contributed by atoms with van der Waals surface area (Å²) in [4.78, 5) is 2.88. The third-order valence-corrected chi connectivity index (χ3v) is 8.73. The smallest absolute Gasteiger partial charge is 0.0441 e. The quantitative estimate of drug-likeness (QED) is 0.487. The molecule has 30 heavy (non-hydrogen) atoms. The largest absolute Gasteiger partial charge is 0.365 e. The average molecular weight is 404 g/mol. The minimum atomic E-state index is 0.270. The van der Waals surface area contributed by atoms with Crippen LogP contribution in [0, 0.1) is 11.3 Å². The van der Waals surface area contributed by atoms with Crippen LogP contribution in [-0.4, -0.2) is 12.1 Å². The summed E-state index contributed by atoms with van der Waals surface area (Å²) < 4.78 is 0.